The lowest BCUT2D eigenvalue weighted by Crippen LogP contribution is -2.27. The molecule has 0 saturated heterocycles. The molecule has 2 aromatic rings. The van der Waals surface area contributed by atoms with Crippen LogP contribution in [0.4, 0.5) is 5.00 Å². The summed E-state index contributed by atoms with van der Waals surface area (Å²) < 4.78 is 5.76. The van der Waals surface area contributed by atoms with Crippen LogP contribution in [0.25, 0.3) is 0 Å². The smallest absolute Gasteiger partial charge is 0.262 e. The van der Waals surface area contributed by atoms with E-state index in [1.807, 2.05) is 25.1 Å². The lowest BCUT2D eigenvalue weighted by Gasteiger charge is -2.15. The van der Waals surface area contributed by atoms with Gasteiger partial charge in [-0.25, -0.2) is 0 Å². The van der Waals surface area contributed by atoms with Crippen molar-refractivity contribution in [1.29, 1.82) is 0 Å². The van der Waals surface area contributed by atoms with E-state index in [-0.39, 0.29) is 24.5 Å². The minimum Gasteiger partial charge on any atom is -0.483 e. The summed E-state index contributed by atoms with van der Waals surface area (Å²) >= 11 is 1.34. The van der Waals surface area contributed by atoms with Gasteiger partial charge in [-0.05, 0) is 54.3 Å². The molecule has 2 N–H and O–H groups in total. The molecule has 1 aliphatic rings. The minimum absolute atomic E-state index is 0.0925. The lowest BCUT2D eigenvalue weighted by atomic mass is 10.0. The number of rotatable bonds is 7. The fraction of sp³-hybridized carbons (Fsp3) is 0.400. The number of carbonyl (C=O) groups excluding carboxylic acids is 2. The second kappa shape index (κ2) is 7.91. The average Bonchev–Trinajstić information content (AvgIpc) is 3.28. The van der Waals surface area contributed by atoms with Crippen LogP contribution in [-0.2, 0) is 4.79 Å². The van der Waals surface area contributed by atoms with E-state index in [9.17, 15) is 9.59 Å². The molecule has 0 atom stereocenters. The quantitative estimate of drug-likeness (QED) is 0.769. The van der Waals surface area contributed by atoms with Crippen LogP contribution in [0.15, 0.2) is 29.6 Å². The maximum absolute atomic E-state index is 12.3. The molecule has 138 valence electrons. The lowest BCUT2D eigenvalue weighted by molar-refractivity contribution is -0.118. The van der Waals surface area contributed by atoms with Gasteiger partial charge in [0.05, 0.1) is 5.56 Å². The Kier molecular flexibility index (Phi) is 5.61. The summed E-state index contributed by atoms with van der Waals surface area (Å²) in [6.45, 7) is 6.08. The average molecular weight is 372 g/mol. The molecule has 6 heteroatoms. The van der Waals surface area contributed by atoms with Crippen LogP contribution in [0.2, 0.25) is 0 Å². The van der Waals surface area contributed by atoms with Gasteiger partial charge in [-0.1, -0.05) is 26.0 Å². The van der Waals surface area contributed by atoms with Crippen LogP contribution < -0.4 is 15.4 Å². The van der Waals surface area contributed by atoms with Gasteiger partial charge in [0.25, 0.3) is 11.8 Å². The first-order valence-electron chi connectivity index (χ1n) is 8.85. The second-order valence-electron chi connectivity index (χ2n) is 6.94. The number of aryl methyl sites for hydroxylation is 1. The Morgan fingerprint density at radius 3 is 2.73 bits per heavy atom. The van der Waals surface area contributed by atoms with Crippen molar-refractivity contribution >= 4 is 28.2 Å². The van der Waals surface area contributed by atoms with E-state index >= 15 is 0 Å². The summed E-state index contributed by atoms with van der Waals surface area (Å²) in [5.41, 5.74) is 2.67. The van der Waals surface area contributed by atoms with Crippen molar-refractivity contribution in [2.75, 3.05) is 11.9 Å². The van der Waals surface area contributed by atoms with Gasteiger partial charge in [0, 0.05) is 6.04 Å². The molecule has 5 nitrogen and oxygen atoms in total. The highest BCUT2D eigenvalue weighted by Crippen LogP contribution is 2.28. The van der Waals surface area contributed by atoms with Crippen LogP contribution in [0.1, 0.15) is 54.1 Å². The third-order valence-electron chi connectivity index (χ3n) is 4.23. The highest BCUT2D eigenvalue weighted by Gasteiger charge is 2.25. The summed E-state index contributed by atoms with van der Waals surface area (Å²) in [7, 11) is 0. The van der Waals surface area contributed by atoms with Gasteiger partial charge >= 0.3 is 0 Å². The van der Waals surface area contributed by atoms with Crippen molar-refractivity contribution in [3.05, 3.63) is 46.3 Å². The fourth-order valence-corrected chi connectivity index (χ4v) is 3.43. The first-order valence-corrected chi connectivity index (χ1v) is 9.73. The molecule has 1 saturated carbocycles. The van der Waals surface area contributed by atoms with Crippen LogP contribution in [0.5, 0.6) is 5.75 Å². The molecule has 26 heavy (non-hydrogen) atoms. The van der Waals surface area contributed by atoms with Crippen molar-refractivity contribution in [2.45, 2.75) is 45.6 Å². The van der Waals surface area contributed by atoms with E-state index in [2.05, 4.69) is 24.5 Å². The molecule has 0 spiro atoms. The van der Waals surface area contributed by atoms with Gasteiger partial charge in [0.2, 0.25) is 0 Å². The van der Waals surface area contributed by atoms with E-state index in [4.69, 9.17) is 4.74 Å². The zero-order valence-electron chi connectivity index (χ0n) is 15.3. The molecule has 1 fully saturated rings. The molecule has 0 bridgehead atoms. The van der Waals surface area contributed by atoms with Crippen LogP contribution >= 0.6 is 11.3 Å². The topological polar surface area (TPSA) is 67.4 Å². The maximum atomic E-state index is 12.3. The zero-order valence-corrected chi connectivity index (χ0v) is 16.1. The SMILES string of the molecule is Cc1ccc(C(C)C)c(OCC(=O)Nc2sccc2C(=O)NC2CC2)c1. The van der Waals surface area contributed by atoms with E-state index in [1.54, 1.807) is 11.4 Å². The van der Waals surface area contributed by atoms with Crippen LogP contribution in [0, 0.1) is 6.92 Å². The standard InChI is InChI=1S/C20H24N2O3S/c1-12(2)15-7-4-13(3)10-17(15)25-11-18(23)22-20-16(8-9-26-20)19(24)21-14-5-6-14/h4,7-10,12,14H,5-6,11H2,1-3H3,(H,21,24)(H,22,23). The van der Waals surface area contributed by atoms with E-state index in [0.29, 0.717) is 16.5 Å². The Hall–Kier alpha value is -2.34. The highest BCUT2D eigenvalue weighted by atomic mass is 32.1. The fourth-order valence-electron chi connectivity index (χ4n) is 2.63. The molecular formula is C20H24N2O3S. The third kappa shape index (κ3) is 4.64. The third-order valence-corrected chi connectivity index (χ3v) is 5.06. The van der Waals surface area contributed by atoms with Crippen molar-refractivity contribution < 1.29 is 14.3 Å². The number of amides is 2. The Morgan fingerprint density at radius 2 is 2.04 bits per heavy atom. The van der Waals surface area contributed by atoms with E-state index in [1.165, 1.54) is 11.3 Å². The molecular weight excluding hydrogens is 348 g/mol. The normalized spacial score (nSPS) is 13.5. The van der Waals surface area contributed by atoms with Crippen molar-refractivity contribution in [1.82, 2.24) is 5.32 Å². The Balaban J connectivity index is 1.61. The van der Waals surface area contributed by atoms with Crippen molar-refractivity contribution in [3.63, 3.8) is 0 Å². The second-order valence-corrected chi connectivity index (χ2v) is 7.86. The summed E-state index contributed by atoms with van der Waals surface area (Å²) in [5.74, 6) is 0.631. The molecule has 1 aromatic heterocycles. The predicted octanol–water partition coefficient (Wildman–Crippen LogP) is 4.09. The summed E-state index contributed by atoms with van der Waals surface area (Å²) in [5, 5.41) is 8.09. The number of thiophene rings is 1. The Morgan fingerprint density at radius 1 is 1.27 bits per heavy atom. The maximum Gasteiger partial charge on any atom is 0.262 e. The first kappa shape index (κ1) is 18.5. The molecule has 1 aliphatic carbocycles. The molecule has 1 heterocycles. The summed E-state index contributed by atoms with van der Waals surface area (Å²) in [4.78, 5) is 24.5. The molecule has 0 radical (unpaired) electrons. The predicted molar refractivity (Wildman–Crippen MR) is 104 cm³/mol. The van der Waals surface area contributed by atoms with Crippen LogP contribution in [-0.4, -0.2) is 24.5 Å². The van der Waals surface area contributed by atoms with Crippen molar-refractivity contribution in [2.24, 2.45) is 0 Å². The molecule has 2 amide bonds. The molecule has 0 unspecified atom stereocenters. The number of benzene rings is 1. The molecule has 0 aliphatic heterocycles. The summed E-state index contributed by atoms with van der Waals surface area (Å²) in [6, 6.07) is 8.04. The Labute approximate surface area is 157 Å². The van der Waals surface area contributed by atoms with Gasteiger partial charge in [-0.3, -0.25) is 9.59 Å². The molecule has 1 aromatic carbocycles. The number of ether oxygens (including phenoxy) is 1. The first-order chi connectivity index (χ1) is 12.4. The van der Waals surface area contributed by atoms with Gasteiger partial charge in [-0.2, -0.15) is 0 Å². The monoisotopic (exact) mass is 372 g/mol. The van der Waals surface area contributed by atoms with E-state index < -0.39 is 0 Å². The highest BCUT2D eigenvalue weighted by molar-refractivity contribution is 7.14. The zero-order chi connectivity index (χ0) is 18.7. The number of hydrogen-bond acceptors (Lipinski definition) is 4. The van der Waals surface area contributed by atoms with Crippen molar-refractivity contribution in [3.8, 4) is 5.75 Å². The van der Waals surface area contributed by atoms with Gasteiger partial charge in [0.15, 0.2) is 6.61 Å². The largest absolute Gasteiger partial charge is 0.483 e. The Bertz CT molecular complexity index is 809. The summed E-state index contributed by atoms with van der Waals surface area (Å²) in [6.07, 6.45) is 2.06. The number of hydrogen-bond donors (Lipinski definition) is 2. The van der Waals surface area contributed by atoms with Crippen LogP contribution in [0.3, 0.4) is 0 Å². The number of nitrogens with one attached hydrogen (secondary N) is 2. The van der Waals surface area contributed by atoms with Gasteiger partial charge in [0.1, 0.15) is 10.8 Å². The van der Waals surface area contributed by atoms with Gasteiger partial charge < -0.3 is 15.4 Å². The number of carbonyl (C=O) groups is 2. The van der Waals surface area contributed by atoms with E-state index in [0.717, 1.165) is 29.7 Å². The minimum atomic E-state index is -0.274. The molecule has 3 rings (SSSR count). The van der Waals surface area contributed by atoms with Gasteiger partial charge in [-0.15, -0.1) is 11.3 Å². The number of anilines is 1.